The van der Waals surface area contributed by atoms with Gasteiger partial charge in [0.15, 0.2) is 10.9 Å². The fourth-order valence-electron chi connectivity index (χ4n) is 1.72. The molecule has 15 heteroatoms. The zero-order chi connectivity index (χ0) is 21.1. The summed E-state index contributed by atoms with van der Waals surface area (Å²) >= 11 is 6.58. The Bertz CT molecular complexity index is 965. The second-order valence-electron chi connectivity index (χ2n) is 5.02. The standard InChI is InChI=1S/C13H9ClF3N3O6S2/c14-7-3-6(1-2-8(7)26-28(24,25)13(15,16)17)5-18-20-12-19-11(23)9(27-12)4-10(21)22/h1-3,5,9H,4H2,(H,21,22)(H,19,20,23). The molecule has 1 aromatic carbocycles. The number of aliphatic carboxylic acids is 1. The van der Waals surface area contributed by atoms with Gasteiger partial charge in [-0.15, -0.1) is 5.10 Å². The third kappa shape index (κ3) is 5.59. The molecule has 1 saturated heterocycles. The molecule has 2 N–H and O–H groups in total. The van der Waals surface area contributed by atoms with Gasteiger partial charge in [0.2, 0.25) is 5.91 Å². The van der Waals surface area contributed by atoms with Crippen LogP contribution < -0.4 is 9.50 Å². The summed E-state index contributed by atoms with van der Waals surface area (Å²) in [4.78, 5) is 22.2. The molecule has 1 amide bonds. The summed E-state index contributed by atoms with van der Waals surface area (Å²) in [5.41, 5.74) is -5.36. The number of hydrogen-bond acceptors (Lipinski definition) is 8. The molecule has 9 nitrogen and oxygen atoms in total. The second kappa shape index (κ2) is 8.36. The van der Waals surface area contributed by atoms with Crippen LogP contribution in [0.3, 0.4) is 0 Å². The zero-order valence-corrected chi connectivity index (χ0v) is 15.7. The van der Waals surface area contributed by atoms with Crippen molar-refractivity contribution in [2.45, 2.75) is 17.2 Å². The average Bonchev–Trinajstić information content (AvgIpc) is 2.88. The maximum absolute atomic E-state index is 12.3. The molecule has 0 bridgehead atoms. The molecule has 0 saturated carbocycles. The van der Waals surface area contributed by atoms with Crippen molar-refractivity contribution in [1.29, 1.82) is 0 Å². The van der Waals surface area contributed by atoms with E-state index in [4.69, 9.17) is 16.7 Å². The minimum absolute atomic E-state index is 0.0646. The number of hydrogen-bond donors (Lipinski definition) is 2. The van der Waals surface area contributed by atoms with Gasteiger partial charge in [-0.25, -0.2) is 0 Å². The van der Waals surface area contributed by atoms with Crippen molar-refractivity contribution in [3.05, 3.63) is 28.8 Å². The number of carbonyl (C=O) groups is 2. The summed E-state index contributed by atoms with van der Waals surface area (Å²) in [6.45, 7) is 0. The minimum Gasteiger partial charge on any atom is -0.481 e. The van der Waals surface area contributed by atoms with Gasteiger partial charge in [-0.1, -0.05) is 23.4 Å². The molecule has 1 aliphatic rings. The second-order valence-corrected chi connectivity index (χ2v) is 8.15. The topological polar surface area (TPSA) is 134 Å². The van der Waals surface area contributed by atoms with Crippen LogP contribution in [0.15, 0.2) is 28.4 Å². The Balaban J connectivity index is 2.07. The van der Waals surface area contributed by atoms with Gasteiger partial charge in [0.05, 0.1) is 17.7 Å². The largest absolute Gasteiger partial charge is 0.534 e. The third-order valence-corrected chi connectivity index (χ3v) is 5.26. The molecule has 1 fully saturated rings. The Hall–Kier alpha value is -2.32. The number of carboxylic acid groups (broad SMARTS) is 1. The molecule has 152 valence electrons. The smallest absolute Gasteiger partial charge is 0.481 e. The highest BCUT2D eigenvalue weighted by Gasteiger charge is 2.48. The maximum Gasteiger partial charge on any atom is 0.534 e. The van der Waals surface area contributed by atoms with E-state index in [1.807, 2.05) is 0 Å². The molecule has 1 aliphatic heterocycles. The summed E-state index contributed by atoms with van der Waals surface area (Å²) < 4.78 is 62.8. The van der Waals surface area contributed by atoms with E-state index in [0.29, 0.717) is 0 Å². The van der Waals surface area contributed by atoms with Crippen LogP contribution >= 0.6 is 23.4 Å². The van der Waals surface area contributed by atoms with Gasteiger partial charge in [0.1, 0.15) is 5.25 Å². The first-order valence-electron chi connectivity index (χ1n) is 6.99. The molecule has 1 heterocycles. The first kappa shape index (κ1) is 22.0. The lowest BCUT2D eigenvalue weighted by atomic mass is 10.2. The van der Waals surface area contributed by atoms with E-state index in [9.17, 15) is 31.2 Å². The van der Waals surface area contributed by atoms with Gasteiger partial charge >= 0.3 is 21.6 Å². The number of carboxylic acids is 1. The Morgan fingerprint density at radius 1 is 1.43 bits per heavy atom. The number of nitrogens with one attached hydrogen (secondary N) is 1. The van der Waals surface area contributed by atoms with Gasteiger partial charge in [-0.05, 0) is 23.8 Å². The molecule has 28 heavy (non-hydrogen) atoms. The fraction of sp³-hybridized carbons (Fsp3) is 0.231. The summed E-state index contributed by atoms with van der Waals surface area (Å²) in [5.74, 6) is -2.41. The van der Waals surface area contributed by atoms with E-state index >= 15 is 0 Å². The number of nitrogens with zero attached hydrogens (tertiary/aromatic N) is 2. The van der Waals surface area contributed by atoms with Crippen molar-refractivity contribution in [1.82, 2.24) is 5.32 Å². The van der Waals surface area contributed by atoms with Gasteiger partial charge in [-0.3, -0.25) is 9.59 Å². The average molecular weight is 460 g/mol. The van der Waals surface area contributed by atoms with Crippen LogP contribution in [-0.4, -0.2) is 47.5 Å². The summed E-state index contributed by atoms with van der Waals surface area (Å²) in [6, 6.07) is 3.15. The molecule has 1 unspecified atom stereocenters. The van der Waals surface area contributed by atoms with Crippen molar-refractivity contribution in [3.8, 4) is 5.75 Å². The summed E-state index contributed by atoms with van der Waals surface area (Å²) in [7, 11) is -5.86. The molecular formula is C13H9ClF3N3O6S2. The van der Waals surface area contributed by atoms with Gasteiger partial charge in [0.25, 0.3) is 0 Å². The highest BCUT2D eigenvalue weighted by molar-refractivity contribution is 8.15. The lowest BCUT2D eigenvalue weighted by Crippen LogP contribution is -2.28. The monoisotopic (exact) mass is 459 g/mol. The lowest BCUT2D eigenvalue weighted by Gasteiger charge is -2.10. The Labute approximate surface area is 164 Å². The van der Waals surface area contributed by atoms with Crippen molar-refractivity contribution in [2.24, 2.45) is 10.2 Å². The minimum atomic E-state index is -5.86. The van der Waals surface area contributed by atoms with Crippen LogP contribution in [0.4, 0.5) is 13.2 Å². The quantitative estimate of drug-likeness (QED) is 0.287. The number of rotatable bonds is 6. The molecule has 2 rings (SSSR count). The number of alkyl halides is 3. The lowest BCUT2D eigenvalue weighted by molar-refractivity contribution is -0.138. The van der Waals surface area contributed by atoms with E-state index in [2.05, 4.69) is 19.7 Å². The van der Waals surface area contributed by atoms with Crippen LogP contribution in [0.1, 0.15) is 12.0 Å². The number of halogens is 4. The molecule has 0 spiro atoms. The van der Waals surface area contributed by atoms with Gasteiger partial charge < -0.3 is 14.6 Å². The molecule has 1 aromatic rings. The van der Waals surface area contributed by atoms with Crippen LogP contribution in [0.2, 0.25) is 5.02 Å². The Kier molecular flexibility index (Phi) is 6.56. The number of amidine groups is 1. The van der Waals surface area contributed by atoms with E-state index in [0.717, 1.165) is 30.1 Å². The highest BCUT2D eigenvalue weighted by atomic mass is 35.5. The summed E-state index contributed by atoms with van der Waals surface area (Å²) in [5, 5.41) is 17.1. The molecule has 0 aromatic heterocycles. The van der Waals surface area contributed by atoms with Crippen LogP contribution in [0, 0.1) is 0 Å². The molecule has 1 atom stereocenters. The van der Waals surface area contributed by atoms with E-state index in [-0.39, 0.29) is 10.7 Å². The normalized spacial score (nSPS) is 19.2. The number of benzene rings is 1. The van der Waals surface area contributed by atoms with Crippen molar-refractivity contribution >= 4 is 56.7 Å². The van der Waals surface area contributed by atoms with Crippen molar-refractivity contribution in [3.63, 3.8) is 0 Å². The predicted molar refractivity (Wildman–Crippen MR) is 93.9 cm³/mol. The SMILES string of the molecule is O=C(O)CC1SC(=NN=Cc2ccc(OS(=O)(=O)C(F)(F)F)c(Cl)c2)NC1=O. The number of thioether (sulfide) groups is 1. The Morgan fingerprint density at radius 3 is 2.68 bits per heavy atom. The summed E-state index contributed by atoms with van der Waals surface area (Å²) in [6.07, 6.45) is 0.731. The first-order valence-corrected chi connectivity index (χ1v) is 9.66. The fourth-order valence-corrected chi connectivity index (χ4v) is 3.39. The third-order valence-electron chi connectivity index (χ3n) is 2.93. The van der Waals surface area contributed by atoms with Crippen LogP contribution in [0.5, 0.6) is 5.75 Å². The van der Waals surface area contributed by atoms with Crippen LogP contribution in [0.25, 0.3) is 0 Å². The van der Waals surface area contributed by atoms with E-state index in [1.54, 1.807) is 0 Å². The number of amides is 1. The molecule has 0 radical (unpaired) electrons. The van der Waals surface area contributed by atoms with Gasteiger partial charge in [0, 0.05) is 0 Å². The van der Waals surface area contributed by atoms with E-state index in [1.165, 1.54) is 6.07 Å². The van der Waals surface area contributed by atoms with Crippen LogP contribution in [-0.2, 0) is 19.7 Å². The Morgan fingerprint density at radius 2 is 2.11 bits per heavy atom. The predicted octanol–water partition coefficient (Wildman–Crippen LogP) is 1.96. The maximum atomic E-state index is 12.3. The van der Waals surface area contributed by atoms with Crippen molar-refractivity contribution < 1.29 is 40.5 Å². The number of carbonyl (C=O) groups excluding carboxylic acids is 1. The molecular weight excluding hydrogens is 451 g/mol. The molecule has 0 aliphatic carbocycles. The zero-order valence-electron chi connectivity index (χ0n) is 13.3. The van der Waals surface area contributed by atoms with E-state index < -0.39 is 49.9 Å². The van der Waals surface area contributed by atoms with Gasteiger partial charge in [-0.2, -0.15) is 26.7 Å². The highest BCUT2D eigenvalue weighted by Crippen LogP contribution is 2.31. The first-order chi connectivity index (χ1) is 12.9. The van der Waals surface area contributed by atoms with Crippen molar-refractivity contribution in [2.75, 3.05) is 0 Å².